The Morgan fingerprint density at radius 1 is 1.25 bits per heavy atom. The Morgan fingerprint density at radius 2 is 1.90 bits per heavy atom. The molecule has 8 nitrogen and oxygen atoms in total. The first-order valence-electron chi connectivity index (χ1n) is 6.51. The molecule has 20 heavy (non-hydrogen) atoms. The van der Waals surface area contributed by atoms with Crippen molar-refractivity contribution in [1.29, 1.82) is 0 Å². The van der Waals surface area contributed by atoms with Gasteiger partial charge in [-0.1, -0.05) is 0 Å². The van der Waals surface area contributed by atoms with E-state index in [4.69, 9.17) is 0 Å². The van der Waals surface area contributed by atoms with Crippen LogP contribution in [0.15, 0.2) is 0 Å². The summed E-state index contributed by atoms with van der Waals surface area (Å²) in [4.78, 5) is 50.0. The SMILES string of the molecule is CC1NCCN(C(=O)CN2C(=O)C(=O)N(C)C2=O)C1C. The van der Waals surface area contributed by atoms with E-state index in [1.165, 1.54) is 7.05 Å². The van der Waals surface area contributed by atoms with Crippen molar-refractivity contribution in [2.45, 2.75) is 25.9 Å². The maximum Gasteiger partial charge on any atom is 0.334 e. The van der Waals surface area contributed by atoms with Gasteiger partial charge in [0, 0.05) is 32.2 Å². The molecule has 2 aliphatic rings. The third kappa shape index (κ3) is 2.26. The highest BCUT2D eigenvalue weighted by molar-refractivity contribution is 6.44. The van der Waals surface area contributed by atoms with Crippen molar-refractivity contribution >= 4 is 23.8 Å². The Bertz CT molecular complexity index is 478. The van der Waals surface area contributed by atoms with Gasteiger partial charge in [-0.05, 0) is 13.8 Å². The van der Waals surface area contributed by atoms with Crippen molar-refractivity contribution < 1.29 is 19.2 Å². The molecular weight excluding hydrogens is 264 g/mol. The van der Waals surface area contributed by atoms with Gasteiger partial charge in [-0.25, -0.2) is 9.69 Å². The maximum absolute atomic E-state index is 12.2. The summed E-state index contributed by atoms with van der Waals surface area (Å²) in [5, 5.41) is 3.24. The Labute approximate surface area is 116 Å². The minimum atomic E-state index is -0.943. The quantitative estimate of drug-likeness (QED) is 0.498. The summed E-state index contributed by atoms with van der Waals surface area (Å²) >= 11 is 0. The van der Waals surface area contributed by atoms with Crippen LogP contribution in [0.2, 0.25) is 0 Å². The fourth-order valence-electron chi connectivity index (χ4n) is 2.39. The Morgan fingerprint density at radius 3 is 2.45 bits per heavy atom. The normalized spacial score (nSPS) is 27.6. The summed E-state index contributed by atoms with van der Waals surface area (Å²) in [6, 6.07) is -0.635. The summed E-state index contributed by atoms with van der Waals surface area (Å²) in [5.74, 6) is -2.16. The number of imide groups is 2. The molecule has 8 heteroatoms. The van der Waals surface area contributed by atoms with E-state index in [-0.39, 0.29) is 24.5 Å². The molecule has 0 bridgehead atoms. The summed E-state index contributed by atoms with van der Waals surface area (Å²) in [5.41, 5.74) is 0. The first-order chi connectivity index (χ1) is 9.34. The highest BCUT2D eigenvalue weighted by Crippen LogP contribution is 2.13. The van der Waals surface area contributed by atoms with Gasteiger partial charge in [0.1, 0.15) is 6.54 Å². The molecule has 2 saturated heterocycles. The van der Waals surface area contributed by atoms with Gasteiger partial charge in [0.05, 0.1) is 0 Å². The Balaban J connectivity index is 2.06. The monoisotopic (exact) mass is 282 g/mol. The van der Waals surface area contributed by atoms with E-state index in [0.717, 1.165) is 4.90 Å². The number of hydrogen-bond acceptors (Lipinski definition) is 5. The molecule has 0 aromatic carbocycles. The highest BCUT2D eigenvalue weighted by Gasteiger charge is 2.44. The number of amides is 5. The summed E-state index contributed by atoms with van der Waals surface area (Å²) in [6.07, 6.45) is 0. The zero-order valence-corrected chi connectivity index (χ0v) is 11.8. The van der Waals surface area contributed by atoms with E-state index in [0.29, 0.717) is 18.0 Å². The topological polar surface area (TPSA) is 90.0 Å². The number of likely N-dealkylation sites (N-methyl/N-ethyl adjacent to an activating group) is 1. The Hall–Kier alpha value is -1.96. The average Bonchev–Trinajstić information content (AvgIpc) is 2.59. The molecule has 2 unspecified atom stereocenters. The lowest BCUT2D eigenvalue weighted by molar-refractivity contribution is -0.145. The predicted octanol–water partition coefficient (Wildman–Crippen LogP) is -1.38. The molecule has 5 amide bonds. The first kappa shape index (κ1) is 14.4. The van der Waals surface area contributed by atoms with Crippen LogP contribution in [0.1, 0.15) is 13.8 Å². The molecule has 2 fully saturated rings. The van der Waals surface area contributed by atoms with Gasteiger partial charge in [0.2, 0.25) is 5.91 Å². The second-order valence-corrected chi connectivity index (χ2v) is 5.11. The zero-order valence-electron chi connectivity index (χ0n) is 11.8. The fraction of sp³-hybridized carbons (Fsp3) is 0.667. The van der Waals surface area contributed by atoms with E-state index in [9.17, 15) is 19.2 Å². The second kappa shape index (κ2) is 5.20. The van der Waals surface area contributed by atoms with Gasteiger partial charge in [-0.15, -0.1) is 0 Å². The van der Waals surface area contributed by atoms with E-state index < -0.39 is 17.8 Å². The first-order valence-corrected chi connectivity index (χ1v) is 6.51. The molecule has 2 aliphatic heterocycles. The van der Waals surface area contributed by atoms with Crippen molar-refractivity contribution in [3.05, 3.63) is 0 Å². The number of carbonyl (C=O) groups is 4. The van der Waals surface area contributed by atoms with Gasteiger partial charge >= 0.3 is 17.8 Å². The molecule has 0 saturated carbocycles. The van der Waals surface area contributed by atoms with Crippen molar-refractivity contribution in [1.82, 2.24) is 20.0 Å². The van der Waals surface area contributed by atoms with E-state index in [2.05, 4.69) is 5.32 Å². The lowest BCUT2D eigenvalue weighted by atomic mass is 10.1. The largest absolute Gasteiger partial charge is 0.336 e. The molecule has 2 heterocycles. The van der Waals surface area contributed by atoms with E-state index >= 15 is 0 Å². The third-order valence-electron chi connectivity index (χ3n) is 3.90. The van der Waals surface area contributed by atoms with E-state index in [1.807, 2.05) is 13.8 Å². The lowest BCUT2D eigenvalue weighted by Crippen LogP contribution is -2.59. The van der Waals surface area contributed by atoms with Crippen LogP contribution in [-0.2, 0) is 14.4 Å². The molecule has 2 rings (SSSR count). The lowest BCUT2D eigenvalue weighted by Gasteiger charge is -2.39. The molecule has 110 valence electrons. The number of nitrogens with one attached hydrogen (secondary N) is 1. The van der Waals surface area contributed by atoms with Crippen LogP contribution >= 0.6 is 0 Å². The fourth-order valence-corrected chi connectivity index (χ4v) is 2.39. The molecule has 0 aromatic heterocycles. The number of carbonyl (C=O) groups excluding carboxylic acids is 4. The van der Waals surface area contributed by atoms with Crippen molar-refractivity contribution in [2.24, 2.45) is 0 Å². The van der Waals surface area contributed by atoms with Crippen LogP contribution in [0, 0.1) is 0 Å². The Kier molecular flexibility index (Phi) is 3.76. The molecule has 0 radical (unpaired) electrons. The molecule has 1 N–H and O–H groups in total. The van der Waals surface area contributed by atoms with Crippen LogP contribution in [0.25, 0.3) is 0 Å². The van der Waals surface area contributed by atoms with Gasteiger partial charge in [-0.3, -0.25) is 19.3 Å². The van der Waals surface area contributed by atoms with Crippen molar-refractivity contribution in [3.8, 4) is 0 Å². The minimum absolute atomic E-state index is 0.0301. The van der Waals surface area contributed by atoms with Gasteiger partial charge in [0.25, 0.3) is 0 Å². The van der Waals surface area contributed by atoms with Crippen molar-refractivity contribution in [3.63, 3.8) is 0 Å². The predicted molar refractivity (Wildman–Crippen MR) is 68.5 cm³/mol. The second-order valence-electron chi connectivity index (χ2n) is 5.11. The molecule has 0 spiro atoms. The van der Waals surface area contributed by atoms with Crippen LogP contribution < -0.4 is 5.32 Å². The standard InChI is InChI=1S/C12H18N4O4/c1-7-8(2)15(5-4-13-7)9(17)6-16-11(19)10(18)14(3)12(16)20/h7-8,13H,4-6H2,1-3H3. The molecule has 0 aliphatic carbocycles. The van der Waals surface area contributed by atoms with Crippen LogP contribution in [0.5, 0.6) is 0 Å². The van der Waals surface area contributed by atoms with Crippen LogP contribution in [-0.4, -0.2) is 77.2 Å². The van der Waals surface area contributed by atoms with Gasteiger partial charge < -0.3 is 10.2 Å². The average molecular weight is 282 g/mol. The number of hydrogen-bond donors (Lipinski definition) is 1. The van der Waals surface area contributed by atoms with Crippen molar-refractivity contribution in [2.75, 3.05) is 26.7 Å². The van der Waals surface area contributed by atoms with Gasteiger partial charge in [0.15, 0.2) is 0 Å². The summed E-state index contributed by atoms with van der Waals surface area (Å²) in [7, 11) is 1.22. The summed E-state index contributed by atoms with van der Waals surface area (Å²) < 4.78 is 0. The number of rotatable bonds is 2. The zero-order chi connectivity index (χ0) is 15.0. The number of nitrogens with zero attached hydrogens (tertiary/aromatic N) is 3. The van der Waals surface area contributed by atoms with Crippen LogP contribution in [0.4, 0.5) is 4.79 Å². The van der Waals surface area contributed by atoms with E-state index in [1.54, 1.807) is 4.90 Å². The smallest absolute Gasteiger partial charge is 0.334 e. The highest BCUT2D eigenvalue weighted by atomic mass is 16.2. The molecule has 0 aromatic rings. The molecular formula is C12H18N4O4. The molecule has 2 atom stereocenters. The number of urea groups is 1. The number of piperazine rings is 1. The third-order valence-corrected chi connectivity index (χ3v) is 3.90. The van der Waals surface area contributed by atoms with Crippen LogP contribution in [0.3, 0.4) is 0 Å². The maximum atomic E-state index is 12.2. The minimum Gasteiger partial charge on any atom is -0.336 e. The summed E-state index contributed by atoms with van der Waals surface area (Å²) in [6.45, 7) is 4.67. The van der Waals surface area contributed by atoms with Gasteiger partial charge in [-0.2, -0.15) is 0 Å².